The third kappa shape index (κ3) is 1.98. The minimum atomic E-state index is 0.367. The van der Waals surface area contributed by atoms with Crippen LogP contribution in [0.3, 0.4) is 0 Å². The molecule has 1 aromatic rings. The lowest BCUT2D eigenvalue weighted by atomic mass is 9.99. The summed E-state index contributed by atoms with van der Waals surface area (Å²) < 4.78 is 5.21. The van der Waals surface area contributed by atoms with E-state index in [2.05, 4.69) is 6.58 Å². The average molecular weight is 222 g/mol. The van der Waals surface area contributed by atoms with E-state index in [9.17, 15) is 0 Å². The Hall–Kier alpha value is -1.46. The maximum atomic E-state index is 8.84. The van der Waals surface area contributed by atoms with Gasteiger partial charge in [0, 0.05) is 10.6 Å². The van der Waals surface area contributed by atoms with Crippen LogP contribution in [0, 0.1) is 25.2 Å². The number of ether oxygens (including phenoxy) is 1. The molecule has 3 heteroatoms. The number of benzene rings is 1. The van der Waals surface area contributed by atoms with Crippen molar-refractivity contribution in [2.45, 2.75) is 13.8 Å². The highest BCUT2D eigenvalue weighted by molar-refractivity contribution is 6.32. The first kappa shape index (κ1) is 11.6. The molecule has 0 bridgehead atoms. The quantitative estimate of drug-likeness (QED) is 0.716. The predicted molar refractivity (Wildman–Crippen MR) is 62.1 cm³/mol. The van der Waals surface area contributed by atoms with Gasteiger partial charge in [-0.25, -0.2) is 0 Å². The molecule has 0 radical (unpaired) electrons. The van der Waals surface area contributed by atoms with Crippen molar-refractivity contribution < 1.29 is 4.74 Å². The van der Waals surface area contributed by atoms with Crippen molar-refractivity contribution in [1.29, 1.82) is 5.26 Å². The van der Waals surface area contributed by atoms with E-state index in [0.29, 0.717) is 21.9 Å². The fourth-order valence-corrected chi connectivity index (χ4v) is 1.66. The zero-order chi connectivity index (χ0) is 11.6. The van der Waals surface area contributed by atoms with Crippen molar-refractivity contribution in [3.63, 3.8) is 0 Å². The van der Waals surface area contributed by atoms with E-state index in [1.807, 2.05) is 26.0 Å². The van der Waals surface area contributed by atoms with Crippen LogP contribution in [0.15, 0.2) is 12.6 Å². The molecule has 0 N–H and O–H groups in total. The Balaban J connectivity index is 3.56. The predicted octanol–water partition coefficient (Wildman–Crippen LogP) is 3.50. The molecule has 78 valence electrons. The number of methoxy groups -OCH3 is 1. The number of rotatable bonds is 2. The summed E-state index contributed by atoms with van der Waals surface area (Å²) in [5, 5.41) is 9.50. The van der Waals surface area contributed by atoms with Gasteiger partial charge in [-0.15, -0.1) is 0 Å². The van der Waals surface area contributed by atoms with Crippen LogP contribution in [0.2, 0.25) is 5.02 Å². The Morgan fingerprint density at radius 3 is 2.60 bits per heavy atom. The van der Waals surface area contributed by atoms with Crippen molar-refractivity contribution in [2.75, 3.05) is 7.11 Å². The summed E-state index contributed by atoms with van der Waals surface area (Å²) in [7, 11) is 1.57. The van der Waals surface area contributed by atoms with Crippen LogP contribution < -0.4 is 4.74 Å². The lowest BCUT2D eigenvalue weighted by Gasteiger charge is -2.13. The van der Waals surface area contributed by atoms with E-state index in [1.165, 1.54) is 0 Å². The summed E-state index contributed by atoms with van der Waals surface area (Å²) >= 11 is 6.11. The van der Waals surface area contributed by atoms with Gasteiger partial charge in [-0.3, -0.25) is 0 Å². The molecule has 0 aliphatic heterocycles. The van der Waals surface area contributed by atoms with Crippen LogP contribution >= 0.6 is 11.6 Å². The van der Waals surface area contributed by atoms with Gasteiger partial charge in [-0.1, -0.05) is 18.2 Å². The Bertz CT molecular complexity index is 458. The van der Waals surface area contributed by atoms with E-state index in [-0.39, 0.29) is 0 Å². The SMILES string of the molecule is C=C(C#N)c1c(OC)cc(C)c(Cl)c1C. The molecule has 0 saturated carbocycles. The maximum Gasteiger partial charge on any atom is 0.128 e. The van der Waals surface area contributed by atoms with Gasteiger partial charge in [0.1, 0.15) is 5.75 Å². The number of halogens is 1. The summed E-state index contributed by atoms with van der Waals surface area (Å²) in [5.41, 5.74) is 2.82. The Labute approximate surface area is 94.7 Å². The van der Waals surface area contributed by atoms with Crippen LogP contribution in [-0.2, 0) is 0 Å². The summed E-state index contributed by atoms with van der Waals surface area (Å²) in [6.07, 6.45) is 0. The van der Waals surface area contributed by atoms with Crippen molar-refractivity contribution in [3.05, 3.63) is 34.4 Å². The van der Waals surface area contributed by atoms with Crippen LogP contribution in [0.4, 0.5) is 0 Å². The minimum absolute atomic E-state index is 0.367. The molecular formula is C12H12ClNO. The molecular weight excluding hydrogens is 210 g/mol. The topological polar surface area (TPSA) is 33.0 Å². The molecule has 0 aromatic heterocycles. The van der Waals surface area contributed by atoms with Gasteiger partial charge in [0.25, 0.3) is 0 Å². The highest BCUT2D eigenvalue weighted by Gasteiger charge is 2.14. The second-order valence-electron chi connectivity index (χ2n) is 3.30. The molecule has 0 unspecified atom stereocenters. The van der Waals surface area contributed by atoms with Gasteiger partial charge in [0.15, 0.2) is 0 Å². The van der Waals surface area contributed by atoms with Gasteiger partial charge < -0.3 is 4.74 Å². The molecule has 2 nitrogen and oxygen atoms in total. The smallest absolute Gasteiger partial charge is 0.128 e. The molecule has 0 heterocycles. The van der Waals surface area contributed by atoms with E-state index >= 15 is 0 Å². The first-order valence-corrected chi connectivity index (χ1v) is 4.83. The zero-order valence-electron chi connectivity index (χ0n) is 9.02. The van der Waals surface area contributed by atoms with Gasteiger partial charge in [0.05, 0.1) is 18.8 Å². The maximum absolute atomic E-state index is 8.84. The van der Waals surface area contributed by atoms with Gasteiger partial charge in [-0.2, -0.15) is 5.26 Å². The lowest BCUT2D eigenvalue weighted by Crippen LogP contribution is -1.96. The molecule has 1 aromatic carbocycles. The molecule has 0 saturated heterocycles. The molecule has 0 aliphatic rings. The second-order valence-corrected chi connectivity index (χ2v) is 3.68. The third-order valence-corrected chi connectivity index (χ3v) is 2.88. The summed E-state index contributed by atoms with van der Waals surface area (Å²) in [4.78, 5) is 0. The molecule has 15 heavy (non-hydrogen) atoms. The van der Waals surface area contributed by atoms with Crippen molar-refractivity contribution in [3.8, 4) is 11.8 Å². The van der Waals surface area contributed by atoms with E-state index in [1.54, 1.807) is 7.11 Å². The average Bonchev–Trinajstić information content (AvgIpc) is 2.24. The van der Waals surface area contributed by atoms with Crippen molar-refractivity contribution >= 4 is 17.2 Å². The molecule has 0 atom stereocenters. The third-order valence-electron chi connectivity index (χ3n) is 2.30. The van der Waals surface area contributed by atoms with Gasteiger partial charge in [0.2, 0.25) is 0 Å². The van der Waals surface area contributed by atoms with Crippen molar-refractivity contribution in [2.24, 2.45) is 0 Å². The first-order chi connectivity index (χ1) is 7.02. The molecule has 0 spiro atoms. The van der Waals surface area contributed by atoms with E-state index in [0.717, 1.165) is 11.1 Å². The van der Waals surface area contributed by atoms with E-state index < -0.39 is 0 Å². The van der Waals surface area contributed by atoms with Gasteiger partial charge >= 0.3 is 0 Å². The Morgan fingerprint density at radius 1 is 1.53 bits per heavy atom. The fourth-order valence-electron chi connectivity index (χ4n) is 1.51. The highest BCUT2D eigenvalue weighted by atomic mass is 35.5. The number of allylic oxidation sites excluding steroid dienone is 1. The molecule has 0 fully saturated rings. The lowest BCUT2D eigenvalue weighted by molar-refractivity contribution is 0.413. The first-order valence-electron chi connectivity index (χ1n) is 4.46. The number of hydrogen-bond donors (Lipinski definition) is 0. The molecule has 0 aliphatic carbocycles. The number of nitriles is 1. The zero-order valence-corrected chi connectivity index (χ0v) is 9.77. The summed E-state index contributed by atoms with van der Waals surface area (Å²) in [6.45, 7) is 7.44. The highest BCUT2D eigenvalue weighted by Crippen LogP contribution is 2.35. The van der Waals surface area contributed by atoms with Crippen LogP contribution in [0.25, 0.3) is 5.57 Å². The minimum Gasteiger partial charge on any atom is -0.496 e. The fraction of sp³-hybridized carbons (Fsp3) is 0.250. The molecule has 1 rings (SSSR count). The number of nitrogens with zero attached hydrogens (tertiary/aromatic N) is 1. The van der Waals surface area contributed by atoms with Crippen LogP contribution in [0.1, 0.15) is 16.7 Å². The van der Waals surface area contributed by atoms with Crippen LogP contribution in [0.5, 0.6) is 5.75 Å². The van der Waals surface area contributed by atoms with Crippen LogP contribution in [-0.4, -0.2) is 7.11 Å². The number of aryl methyl sites for hydroxylation is 1. The largest absolute Gasteiger partial charge is 0.496 e. The normalized spacial score (nSPS) is 9.53. The number of hydrogen-bond acceptors (Lipinski definition) is 2. The standard InChI is InChI=1S/C12H12ClNO/c1-7-5-10(15-4)11(8(2)6-14)9(3)12(7)13/h5H,2H2,1,3-4H3. The summed E-state index contributed by atoms with van der Waals surface area (Å²) in [5.74, 6) is 0.640. The second kappa shape index (κ2) is 4.37. The van der Waals surface area contributed by atoms with Gasteiger partial charge in [-0.05, 0) is 31.0 Å². The monoisotopic (exact) mass is 221 g/mol. The Morgan fingerprint density at radius 2 is 2.13 bits per heavy atom. The summed E-state index contributed by atoms with van der Waals surface area (Å²) in [6, 6.07) is 3.82. The molecule has 0 amide bonds. The Kier molecular flexibility index (Phi) is 3.39. The van der Waals surface area contributed by atoms with E-state index in [4.69, 9.17) is 21.6 Å². The van der Waals surface area contributed by atoms with Crippen molar-refractivity contribution in [1.82, 2.24) is 0 Å².